The highest BCUT2D eigenvalue weighted by atomic mass is 16.5. The van der Waals surface area contributed by atoms with Gasteiger partial charge < -0.3 is 15.2 Å². The molecule has 1 aromatic rings. The molecule has 0 radical (unpaired) electrons. The number of hydrogen-bond acceptors (Lipinski definition) is 4. The second kappa shape index (κ2) is 6.12. The molecular weight excluding hydrogens is 216 g/mol. The van der Waals surface area contributed by atoms with Crippen LogP contribution in [0.2, 0.25) is 0 Å². The van der Waals surface area contributed by atoms with Crippen LogP contribution < -0.4 is 10.1 Å². The highest BCUT2D eigenvalue weighted by Gasteiger charge is 2.14. The van der Waals surface area contributed by atoms with E-state index in [1.807, 2.05) is 13.8 Å². The third-order valence-corrected chi connectivity index (χ3v) is 2.69. The minimum absolute atomic E-state index is 0.0275. The van der Waals surface area contributed by atoms with Gasteiger partial charge in [-0.3, -0.25) is 0 Å². The molecule has 1 rings (SSSR count). The van der Waals surface area contributed by atoms with E-state index in [1.165, 1.54) is 0 Å². The third kappa shape index (κ3) is 3.36. The zero-order valence-electron chi connectivity index (χ0n) is 10.4. The maximum Gasteiger partial charge on any atom is 0.121 e. The van der Waals surface area contributed by atoms with Crippen LogP contribution in [0, 0.1) is 17.2 Å². The van der Waals surface area contributed by atoms with Crippen LogP contribution in [0.5, 0.6) is 5.75 Å². The maximum absolute atomic E-state index is 9.27. The van der Waals surface area contributed by atoms with E-state index >= 15 is 0 Å². The summed E-state index contributed by atoms with van der Waals surface area (Å²) in [4.78, 5) is 0. The number of nitrogens with one attached hydrogen (secondary N) is 1. The molecule has 0 aliphatic carbocycles. The second-order valence-corrected chi connectivity index (χ2v) is 4.20. The first-order chi connectivity index (χ1) is 8.12. The summed E-state index contributed by atoms with van der Waals surface area (Å²) in [7, 11) is 1.58. The quantitative estimate of drug-likeness (QED) is 0.817. The fourth-order valence-electron chi connectivity index (χ4n) is 1.49. The number of ether oxygens (including phenoxy) is 1. The fraction of sp³-hybridized carbons (Fsp3) is 0.462. The van der Waals surface area contributed by atoms with Crippen molar-refractivity contribution >= 4 is 5.69 Å². The van der Waals surface area contributed by atoms with Gasteiger partial charge in [0, 0.05) is 6.07 Å². The molecule has 0 saturated heterocycles. The first-order valence-electron chi connectivity index (χ1n) is 5.58. The highest BCUT2D eigenvalue weighted by Crippen LogP contribution is 2.23. The first kappa shape index (κ1) is 13.3. The summed E-state index contributed by atoms with van der Waals surface area (Å²) in [5, 5.41) is 21.5. The standard InChI is InChI=1S/C13H18N2O2/c1-9(2)13(8-16)15-12-6-11(17-3)5-4-10(12)7-14/h4-6,9,13,15-16H,8H2,1-3H3/t13-/m1/s1. The smallest absolute Gasteiger partial charge is 0.121 e. The number of nitrogens with zero attached hydrogens (tertiary/aromatic N) is 1. The zero-order chi connectivity index (χ0) is 12.8. The van der Waals surface area contributed by atoms with E-state index in [0.29, 0.717) is 17.0 Å². The molecule has 0 amide bonds. The predicted molar refractivity (Wildman–Crippen MR) is 67.0 cm³/mol. The monoisotopic (exact) mass is 234 g/mol. The molecule has 2 N–H and O–H groups in total. The largest absolute Gasteiger partial charge is 0.497 e. The van der Waals surface area contributed by atoms with E-state index in [0.717, 1.165) is 0 Å². The molecule has 0 saturated carbocycles. The van der Waals surface area contributed by atoms with E-state index in [9.17, 15) is 5.11 Å². The molecule has 17 heavy (non-hydrogen) atoms. The Balaban J connectivity index is 2.99. The molecular formula is C13H18N2O2. The minimum atomic E-state index is -0.0748. The highest BCUT2D eigenvalue weighted by molar-refractivity contribution is 5.60. The third-order valence-electron chi connectivity index (χ3n) is 2.69. The van der Waals surface area contributed by atoms with E-state index in [-0.39, 0.29) is 18.6 Å². The Morgan fingerprint density at radius 1 is 1.47 bits per heavy atom. The maximum atomic E-state index is 9.27. The minimum Gasteiger partial charge on any atom is -0.497 e. The van der Waals surface area contributed by atoms with Gasteiger partial charge in [-0.2, -0.15) is 5.26 Å². The molecule has 4 nitrogen and oxygen atoms in total. The van der Waals surface area contributed by atoms with E-state index in [4.69, 9.17) is 10.00 Å². The van der Waals surface area contributed by atoms with Crippen molar-refractivity contribution < 1.29 is 9.84 Å². The van der Waals surface area contributed by atoms with Crippen molar-refractivity contribution in [2.24, 2.45) is 5.92 Å². The van der Waals surface area contributed by atoms with Gasteiger partial charge in [0.25, 0.3) is 0 Å². The summed E-state index contributed by atoms with van der Waals surface area (Å²) in [6.45, 7) is 4.06. The van der Waals surface area contributed by atoms with Crippen molar-refractivity contribution in [3.63, 3.8) is 0 Å². The second-order valence-electron chi connectivity index (χ2n) is 4.20. The van der Waals surface area contributed by atoms with Crippen LogP contribution in [-0.4, -0.2) is 24.9 Å². The Morgan fingerprint density at radius 2 is 2.18 bits per heavy atom. The molecule has 1 aromatic carbocycles. The lowest BCUT2D eigenvalue weighted by molar-refractivity contribution is 0.249. The van der Waals surface area contributed by atoms with Gasteiger partial charge in [0.1, 0.15) is 11.8 Å². The molecule has 0 aliphatic heterocycles. The normalized spacial score (nSPS) is 12.0. The molecule has 0 aliphatic rings. The van der Waals surface area contributed by atoms with Gasteiger partial charge in [-0.15, -0.1) is 0 Å². The van der Waals surface area contributed by atoms with Gasteiger partial charge in [0.15, 0.2) is 0 Å². The molecule has 0 unspecified atom stereocenters. The zero-order valence-corrected chi connectivity index (χ0v) is 10.4. The van der Waals surface area contributed by atoms with Crippen LogP contribution in [-0.2, 0) is 0 Å². The Labute approximate surface area is 102 Å². The molecule has 0 heterocycles. The topological polar surface area (TPSA) is 65.3 Å². The molecule has 0 fully saturated rings. The Kier molecular flexibility index (Phi) is 4.80. The van der Waals surface area contributed by atoms with Crippen molar-refractivity contribution in [1.82, 2.24) is 0 Å². The van der Waals surface area contributed by atoms with E-state index in [1.54, 1.807) is 25.3 Å². The molecule has 0 aromatic heterocycles. The van der Waals surface area contributed by atoms with Crippen molar-refractivity contribution in [1.29, 1.82) is 5.26 Å². The first-order valence-corrected chi connectivity index (χ1v) is 5.58. The lowest BCUT2D eigenvalue weighted by Crippen LogP contribution is -2.29. The number of hydrogen-bond donors (Lipinski definition) is 2. The summed E-state index contributed by atoms with van der Waals surface area (Å²) in [6, 6.07) is 7.26. The summed E-state index contributed by atoms with van der Waals surface area (Å²) in [5.74, 6) is 0.963. The average Bonchev–Trinajstić information content (AvgIpc) is 2.35. The van der Waals surface area contributed by atoms with Crippen LogP contribution >= 0.6 is 0 Å². The van der Waals surface area contributed by atoms with Gasteiger partial charge in [-0.05, 0) is 18.1 Å². The predicted octanol–water partition coefficient (Wildman–Crippen LogP) is 2.00. The molecule has 1 atom stereocenters. The summed E-state index contributed by atoms with van der Waals surface area (Å²) >= 11 is 0. The lowest BCUT2D eigenvalue weighted by atomic mass is 10.0. The molecule has 0 bridgehead atoms. The number of nitriles is 1. The Bertz CT molecular complexity index is 410. The molecule has 4 heteroatoms. The number of aliphatic hydroxyl groups is 1. The van der Waals surface area contributed by atoms with Crippen molar-refractivity contribution in [2.45, 2.75) is 19.9 Å². The van der Waals surface area contributed by atoms with Gasteiger partial charge >= 0.3 is 0 Å². The van der Waals surface area contributed by atoms with Crippen LogP contribution in [0.15, 0.2) is 18.2 Å². The van der Waals surface area contributed by atoms with Crippen LogP contribution in [0.3, 0.4) is 0 Å². The number of methoxy groups -OCH3 is 1. The number of aliphatic hydroxyl groups excluding tert-OH is 1. The van der Waals surface area contributed by atoms with Gasteiger partial charge in [0.05, 0.1) is 31.0 Å². The summed E-state index contributed by atoms with van der Waals surface area (Å²) in [6.07, 6.45) is 0. The van der Waals surface area contributed by atoms with Crippen molar-refractivity contribution in [2.75, 3.05) is 19.0 Å². The average molecular weight is 234 g/mol. The fourth-order valence-corrected chi connectivity index (χ4v) is 1.49. The summed E-state index contributed by atoms with van der Waals surface area (Å²) < 4.78 is 5.12. The summed E-state index contributed by atoms with van der Waals surface area (Å²) in [5.41, 5.74) is 1.24. The van der Waals surface area contributed by atoms with Gasteiger partial charge in [-0.25, -0.2) is 0 Å². The number of benzene rings is 1. The van der Waals surface area contributed by atoms with Crippen LogP contribution in [0.4, 0.5) is 5.69 Å². The van der Waals surface area contributed by atoms with Crippen molar-refractivity contribution in [3.05, 3.63) is 23.8 Å². The molecule has 92 valence electrons. The molecule has 0 spiro atoms. The lowest BCUT2D eigenvalue weighted by Gasteiger charge is -2.22. The van der Waals surface area contributed by atoms with Crippen LogP contribution in [0.25, 0.3) is 0 Å². The van der Waals surface area contributed by atoms with Crippen LogP contribution in [0.1, 0.15) is 19.4 Å². The number of rotatable bonds is 5. The van der Waals surface area contributed by atoms with E-state index < -0.39 is 0 Å². The van der Waals surface area contributed by atoms with Crippen molar-refractivity contribution in [3.8, 4) is 11.8 Å². The van der Waals surface area contributed by atoms with Gasteiger partial charge in [0.2, 0.25) is 0 Å². The number of anilines is 1. The SMILES string of the molecule is COc1ccc(C#N)c(N[C@H](CO)C(C)C)c1. The van der Waals surface area contributed by atoms with Gasteiger partial charge in [-0.1, -0.05) is 13.8 Å². The Morgan fingerprint density at radius 3 is 2.65 bits per heavy atom. The van der Waals surface area contributed by atoms with E-state index in [2.05, 4.69) is 11.4 Å². The Hall–Kier alpha value is -1.73.